The average molecular weight is 451 g/mol. The lowest BCUT2D eigenvalue weighted by atomic mass is 10.2. The van der Waals surface area contributed by atoms with E-state index in [0.29, 0.717) is 34.7 Å². The van der Waals surface area contributed by atoms with Gasteiger partial charge in [0.1, 0.15) is 5.75 Å². The molecule has 6 nitrogen and oxygen atoms in total. The van der Waals surface area contributed by atoms with Crippen molar-refractivity contribution in [3.8, 4) is 17.1 Å². The van der Waals surface area contributed by atoms with E-state index in [4.69, 9.17) is 20.9 Å². The van der Waals surface area contributed by atoms with E-state index >= 15 is 0 Å². The van der Waals surface area contributed by atoms with Crippen molar-refractivity contribution in [3.63, 3.8) is 0 Å². The average Bonchev–Trinajstić information content (AvgIpc) is 3.11. The number of rotatable bonds is 6. The Balaban J connectivity index is 1.71. The van der Waals surface area contributed by atoms with Gasteiger partial charge in [-0.05, 0) is 37.3 Å². The van der Waals surface area contributed by atoms with E-state index in [2.05, 4.69) is 26.1 Å². The van der Waals surface area contributed by atoms with Crippen LogP contribution in [0, 0.1) is 0 Å². The maximum absolute atomic E-state index is 12.6. The zero-order valence-corrected chi connectivity index (χ0v) is 17.1. The van der Waals surface area contributed by atoms with Crippen LogP contribution in [0.15, 0.2) is 51.5 Å². The van der Waals surface area contributed by atoms with Crippen molar-refractivity contribution in [1.82, 2.24) is 15.0 Å². The van der Waals surface area contributed by atoms with E-state index in [1.54, 1.807) is 25.2 Å². The van der Waals surface area contributed by atoms with Crippen molar-refractivity contribution in [2.45, 2.75) is 13.5 Å². The Morgan fingerprint density at radius 3 is 2.81 bits per heavy atom. The zero-order valence-electron chi connectivity index (χ0n) is 14.8. The number of carbonyl (C=O) groups excluding carboxylic acids is 1. The predicted octanol–water partition coefficient (Wildman–Crippen LogP) is 4.82. The Morgan fingerprint density at radius 2 is 2.11 bits per heavy atom. The number of carbonyl (C=O) groups is 1. The Morgan fingerprint density at radius 1 is 1.30 bits per heavy atom. The third-order valence-corrected chi connectivity index (χ3v) is 4.54. The molecule has 0 spiro atoms. The van der Waals surface area contributed by atoms with Crippen molar-refractivity contribution in [2.24, 2.45) is 0 Å². The topological polar surface area (TPSA) is 68.5 Å². The molecular weight excluding hydrogens is 434 g/mol. The van der Waals surface area contributed by atoms with Gasteiger partial charge in [0.2, 0.25) is 11.7 Å². The number of halogens is 2. The van der Waals surface area contributed by atoms with Crippen LogP contribution in [0.2, 0.25) is 5.02 Å². The summed E-state index contributed by atoms with van der Waals surface area (Å²) in [6.07, 6.45) is 0. The number of aromatic nitrogens is 2. The molecule has 0 fully saturated rings. The Kier molecular flexibility index (Phi) is 6.13. The summed E-state index contributed by atoms with van der Waals surface area (Å²) >= 11 is 9.57. The molecule has 0 aliphatic rings. The van der Waals surface area contributed by atoms with Gasteiger partial charge in [-0.1, -0.05) is 44.8 Å². The number of hydrogen-bond acceptors (Lipinski definition) is 5. The molecule has 0 saturated carbocycles. The minimum Gasteiger partial charge on any atom is -0.492 e. The highest BCUT2D eigenvalue weighted by Crippen LogP contribution is 2.26. The summed E-state index contributed by atoms with van der Waals surface area (Å²) in [6, 6.07) is 12.5. The first-order valence-corrected chi connectivity index (χ1v) is 9.41. The molecule has 0 radical (unpaired) electrons. The molecule has 0 unspecified atom stereocenters. The van der Waals surface area contributed by atoms with Crippen molar-refractivity contribution in [2.75, 3.05) is 13.7 Å². The van der Waals surface area contributed by atoms with Crippen LogP contribution < -0.4 is 4.74 Å². The maximum atomic E-state index is 12.6. The molecule has 0 atom stereocenters. The smallest absolute Gasteiger partial charge is 0.254 e. The third-order valence-electron chi connectivity index (χ3n) is 3.75. The Hall–Kier alpha value is -2.38. The van der Waals surface area contributed by atoms with Gasteiger partial charge in [-0.15, -0.1) is 0 Å². The first kappa shape index (κ1) is 19.4. The van der Waals surface area contributed by atoms with Crippen LogP contribution >= 0.6 is 27.5 Å². The number of amides is 1. The van der Waals surface area contributed by atoms with E-state index in [0.717, 1.165) is 10.0 Å². The summed E-state index contributed by atoms with van der Waals surface area (Å²) in [7, 11) is 1.66. The fourth-order valence-corrected chi connectivity index (χ4v) is 3.10. The van der Waals surface area contributed by atoms with E-state index in [1.807, 2.05) is 31.2 Å². The lowest BCUT2D eigenvalue weighted by Gasteiger charge is -2.15. The molecule has 27 heavy (non-hydrogen) atoms. The first-order valence-electron chi connectivity index (χ1n) is 8.24. The van der Waals surface area contributed by atoms with Gasteiger partial charge in [0, 0.05) is 22.6 Å². The molecule has 8 heteroatoms. The summed E-state index contributed by atoms with van der Waals surface area (Å²) in [6.45, 7) is 2.56. The SMILES string of the molecule is CCOc1ccc(C(=O)N(C)Cc2nc(-c3cccc(Br)c3)no2)cc1Cl. The van der Waals surface area contributed by atoms with Gasteiger partial charge in [-0.3, -0.25) is 4.79 Å². The molecule has 2 aromatic carbocycles. The van der Waals surface area contributed by atoms with E-state index in [1.165, 1.54) is 4.90 Å². The molecule has 1 amide bonds. The minimum absolute atomic E-state index is 0.185. The van der Waals surface area contributed by atoms with Gasteiger partial charge in [0.15, 0.2) is 0 Å². The summed E-state index contributed by atoms with van der Waals surface area (Å²) in [5.74, 6) is 1.16. The minimum atomic E-state index is -0.206. The van der Waals surface area contributed by atoms with Crippen LogP contribution in [0.25, 0.3) is 11.4 Å². The van der Waals surface area contributed by atoms with Crippen molar-refractivity contribution >= 4 is 33.4 Å². The second-order valence-electron chi connectivity index (χ2n) is 5.76. The Labute approximate surface area is 170 Å². The van der Waals surface area contributed by atoms with Crippen LogP contribution in [0.4, 0.5) is 0 Å². The quantitative estimate of drug-likeness (QED) is 0.538. The van der Waals surface area contributed by atoms with Crippen LogP contribution in [0.3, 0.4) is 0 Å². The lowest BCUT2D eigenvalue weighted by Crippen LogP contribution is -2.26. The molecule has 0 saturated heterocycles. The summed E-state index contributed by atoms with van der Waals surface area (Å²) < 4.78 is 11.6. The summed E-state index contributed by atoms with van der Waals surface area (Å²) in [5, 5.41) is 4.37. The predicted molar refractivity (Wildman–Crippen MR) is 106 cm³/mol. The normalized spacial score (nSPS) is 10.7. The van der Waals surface area contributed by atoms with Crippen LogP contribution in [0.1, 0.15) is 23.2 Å². The van der Waals surface area contributed by atoms with Crippen molar-refractivity contribution in [1.29, 1.82) is 0 Å². The molecule has 3 aromatic rings. The van der Waals surface area contributed by atoms with Crippen LogP contribution in [-0.4, -0.2) is 34.6 Å². The van der Waals surface area contributed by atoms with Crippen molar-refractivity contribution in [3.05, 3.63) is 63.4 Å². The molecular formula is C19H17BrClN3O3. The molecule has 1 aromatic heterocycles. The summed E-state index contributed by atoms with van der Waals surface area (Å²) in [4.78, 5) is 18.5. The van der Waals surface area contributed by atoms with Gasteiger partial charge in [-0.2, -0.15) is 4.98 Å². The fraction of sp³-hybridized carbons (Fsp3) is 0.211. The van der Waals surface area contributed by atoms with Crippen molar-refractivity contribution < 1.29 is 14.1 Å². The van der Waals surface area contributed by atoms with Gasteiger partial charge in [0.05, 0.1) is 18.2 Å². The summed E-state index contributed by atoms with van der Waals surface area (Å²) in [5.41, 5.74) is 1.28. The molecule has 0 aliphatic heterocycles. The third kappa shape index (κ3) is 4.67. The molecule has 0 bridgehead atoms. The number of nitrogens with zero attached hydrogens (tertiary/aromatic N) is 3. The zero-order chi connectivity index (χ0) is 19.4. The van der Waals surface area contributed by atoms with E-state index < -0.39 is 0 Å². The lowest BCUT2D eigenvalue weighted by molar-refractivity contribution is 0.0769. The number of benzene rings is 2. The molecule has 140 valence electrons. The fourth-order valence-electron chi connectivity index (χ4n) is 2.47. The van der Waals surface area contributed by atoms with Gasteiger partial charge >= 0.3 is 0 Å². The molecule has 0 aliphatic carbocycles. The molecule has 0 N–H and O–H groups in total. The van der Waals surface area contributed by atoms with E-state index in [-0.39, 0.29) is 12.5 Å². The second kappa shape index (κ2) is 8.54. The van der Waals surface area contributed by atoms with Crippen LogP contribution in [0.5, 0.6) is 5.75 Å². The second-order valence-corrected chi connectivity index (χ2v) is 7.08. The van der Waals surface area contributed by atoms with Gasteiger partial charge < -0.3 is 14.2 Å². The highest BCUT2D eigenvalue weighted by atomic mass is 79.9. The van der Waals surface area contributed by atoms with Crippen LogP contribution in [-0.2, 0) is 6.54 Å². The largest absolute Gasteiger partial charge is 0.492 e. The van der Waals surface area contributed by atoms with E-state index in [9.17, 15) is 4.79 Å². The van der Waals surface area contributed by atoms with Gasteiger partial charge in [0.25, 0.3) is 5.91 Å². The standard InChI is InChI=1S/C19H17BrClN3O3/c1-3-26-16-8-7-13(10-15(16)21)19(25)24(2)11-17-22-18(23-27-17)12-5-4-6-14(20)9-12/h4-10H,3,11H2,1-2H3. The number of hydrogen-bond donors (Lipinski definition) is 0. The first-order chi connectivity index (χ1) is 13.0. The highest BCUT2D eigenvalue weighted by Gasteiger charge is 2.17. The highest BCUT2D eigenvalue weighted by molar-refractivity contribution is 9.10. The maximum Gasteiger partial charge on any atom is 0.254 e. The molecule has 3 rings (SSSR count). The number of ether oxygens (including phenoxy) is 1. The monoisotopic (exact) mass is 449 g/mol. The molecule has 1 heterocycles. The van der Waals surface area contributed by atoms with Gasteiger partial charge in [-0.25, -0.2) is 0 Å². The Bertz CT molecular complexity index is 961.